The molecule has 5 nitrogen and oxygen atoms in total. The summed E-state index contributed by atoms with van der Waals surface area (Å²) in [6.07, 6.45) is 5.58. The second-order valence-electron chi connectivity index (χ2n) is 8.60. The smallest absolute Gasteiger partial charge is 0.293 e. The first-order valence-corrected chi connectivity index (χ1v) is 10.4. The van der Waals surface area contributed by atoms with Crippen molar-refractivity contribution >= 4 is 5.91 Å². The van der Waals surface area contributed by atoms with E-state index in [1.165, 1.54) is 6.42 Å². The van der Waals surface area contributed by atoms with Gasteiger partial charge in [0.1, 0.15) is 5.82 Å². The van der Waals surface area contributed by atoms with Crippen LogP contribution in [0.4, 0.5) is 0 Å². The molecule has 5 heteroatoms. The molecule has 2 unspecified atom stereocenters. The molecule has 1 saturated heterocycles. The van der Waals surface area contributed by atoms with E-state index in [9.17, 15) is 4.79 Å². The van der Waals surface area contributed by atoms with Crippen LogP contribution in [0.2, 0.25) is 0 Å². The maximum Gasteiger partial charge on any atom is 0.293 e. The minimum absolute atomic E-state index is 0.000573. The van der Waals surface area contributed by atoms with Gasteiger partial charge in [-0.3, -0.25) is 4.79 Å². The molecule has 2 aromatic rings. The third kappa shape index (κ3) is 3.78. The van der Waals surface area contributed by atoms with Crippen molar-refractivity contribution in [1.82, 2.24) is 19.7 Å². The van der Waals surface area contributed by atoms with Gasteiger partial charge in [-0.2, -0.15) is 0 Å². The monoisotopic (exact) mass is 366 g/mol. The summed E-state index contributed by atoms with van der Waals surface area (Å²) in [6, 6.07) is 10.3. The number of rotatable bonds is 4. The van der Waals surface area contributed by atoms with Crippen LogP contribution in [0.15, 0.2) is 30.3 Å². The van der Waals surface area contributed by atoms with Crippen molar-refractivity contribution in [2.45, 2.75) is 64.8 Å². The van der Waals surface area contributed by atoms with Crippen LogP contribution < -0.4 is 0 Å². The van der Waals surface area contributed by atoms with Gasteiger partial charge < -0.3 is 4.90 Å². The van der Waals surface area contributed by atoms with Gasteiger partial charge in [0, 0.05) is 18.5 Å². The van der Waals surface area contributed by atoms with E-state index in [0.717, 1.165) is 43.7 Å². The molecule has 1 saturated carbocycles. The highest BCUT2D eigenvalue weighted by Gasteiger charge is 2.35. The lowest BCUT2D eigenvalue weighted by Gasteiger charge is -2.32. The van der Waals surface area contributed by atoms with Crippen LogP contribution in [0.5, 0.6) is 0 Å². The average molecular weight is 367 g/mol. The number of aromatic nitrogens is 3. The summed E-state index contributed by atoms with van der Waals surface area (Å²) in [4.78, 5) is 20.2. The lowest BCUT2D eigenvalue weighted by atomic mass is 9.95. The fraction of sp³-hybridized carbons (Fsp3) is 0.591. The standard InChI is InChI=1S/C22H30N4O/c1-15(2)19-12-9-16(3)13-14-25(19)22(27)20-23-21(17-10-11-17)26(24-20)18-7-5-4-6-8-18/h4-8,15-17,19H,9-14H2,1-3H3. The molecule has 1 aromatic carbocycles. The van der Waals surface area contributed by atoms with E-state index in [2.05, 4.69) is 30.8 Å². The summed E-state index contributed by atoms with van der Waals surface area (Å²) in [5, 5.41) is 4.67. The number of carbonyl (C=O) groups excluding carboxylic acids is 1. The maximum absolute atomic E-state index is 13.4. The fourth-order valence-corrected chi connectivity index (χ4v) is 4.13. The van der Waals surface area contributed by atoms with Crippen molar-refractivity contribution in [1.29, 1.82) is 0 Å². The molecule has 4 rings (SSSR count). The quantitative estimate of drug-likeness (QED) is 0.804. The van der Waals surface area contributed by atoms with Crippen molar-refractivity contribution in [3.05, 3.63) is 42.0 Å². The second-order valence-corrected chi connectivity index (χ2v) is 8.60. The van der Waals surface area contributed by atoms with Crippen LogP contribution in [-0.2, 0) is 0 Å². The average Bonchev–Trinajstić information content (AvgIpc) is 3.45. The van der Waals surface area contributed by atoms with Gasteiger partial charge in [-0.05, 0) is 56.1 Å². The molecule has 1 aliphatic heterocycles. The number of likely N-dealkylation sites (tertiary alicyclic amines) is 1. The first-order chi connectivity index (χ1) is 13.0. The van der Waals surface area contributed by atoms with E-state index in [0.29, 0.717) is 23.6 Å². The molecule has 27 heavy (non-hydrogen) atoms. The lowest BCUT2D eigenvalue weighted by Crippen LogP contribution is -2.43. The van der Waals surface area contributed by atoms with E-state index in [4.69, 9.17) is 4.98 Å². The Hall–Kier alpha value is -2.17. The van der Waals surface area contributed by atoms with Crippen molar-refractivity contribution < 1.29 is 4.79 Å². The largest absolute Gasteiger partial charge is 0.333 e. The molecule has 1 aromatic heterocycles. The van der Waals surface area contributed by atoms with Gasteiger partial charge in [-0.15, -0.1) is 5.10 Å². The first kappa shape index (κ1) is 18.2. The Balaban J connectivity index is 1.67. The molecule has 2 aliphatic rings. The molecule has 2 atom stereocenters. The van der Waals surface area contributed by atoms with E-state index in [-0.39, 0.29) is 11.9 Å². The Bertz CT molecular complexity index is 794. The number of nitrogens with zero attached hydrogens (tertiary/aromatic N) is 4. The van der Waals surface area contributed by atoms with E-state index < -0.39 is 0 Å². The number of hydrogen-bond acceptors (Lipinski definition) is 3. The number of benzene rings is 1. The predicted octanol–water partition coefficient (Wildman–Crippen LogP) is 4.43. The summed E-state index contributed by atoms with van der Waals surface area (Å²) < 4.78 is 1.88. The van der Waals surface area contributed by atoms with Crippen molar-refractivity contribution in [2.24, 2.45) is 11.8 Å². The van der Waals surface area contributed by atoms with Gasteiger partial charge in [-0.1, -0.05) is 39.0 Å². The summed E-state index contributed by atoms with van der Waals surface area (Å²) in [5.74, 6) is 2.85. The summed E-state index contributed by atoms with van der Waals surface area (Å²) >= 11 is 0. The number of para-hydroxylation sites is 1. The lowest BCUT2D eigenvalue weighted by molar-refractivity contribution is 0.0618. The van der Waals surface area contributed by atoms with Crippen molar-refractivity contribution in [2.75, 3.05) is 6.54 Å². The van der Waals surface area contributed by atoms with Crippen molar-refractivity contribution in [3.63, 3.8) is 0 Å². The van der Waals surface area contributed by atoms with Crippen LogP contribution in [0, 0.1) is 11.8 Å². The zero-order valence-corrected chi connectivity index (χ0v) is 16.6. The molecule has 1 aliphatic carbocycles. The molecular formula is C22H30N4O. The van der Waals surface area contributed by atoms with Gasteiger partial charge in [0.2, 0.25) is 5.82 Å². The molecule has 2 fully saturated rings. The molecule has 144 valence electrons. The highest BCUT2D eigenvalue weighted by atomic mass is 16.2. The van der Waals surface area contributed by atoms with Gasteiger partial charge in [0.05, 0.1) is 5.69 Å². The van der Waals surface area contributed by atoms with E-state index in [1.54, 1.807) is 0 Å². The third-order valence-electron chi connectivity index (χ3n) is 6.02. The van der Waals surface area contributed by atoms with Gasteiger partial charge in [-0.25, -0.2) is 9.67 Å². The number of hydrogen-bond donors (Lipinski definition) is 0. The fourth-order valence-electron chi connectivity index (χ4n) is 4.13. The van der Waals surface area contributed by atoms with Crippen molar-refractivity contribution in [3.8, 4) is 5.69 Å². The highest BCUT2D eigenvalue weighted by Crippen LogP contribution is 2.40. The molecule has 0 spiro atoms. The molecule has 0 radical (unpaired) electrons. The Morgan fingerprint density at radius 2 is 1.81 bits per heavy atom. The predicted molar refractivity (Wildman–Crippen MR) is 106 cm³/mol. The topological polar surface area (TPSA) is 51.0 Å². The van der Waals surface area contributed by atoms with Gasteiger partial charge >= 0.3 is 0 Å². The highest BCUT2D eigenvalue weighted by molar-refractivity contribution is 5.90. The zero-order chi connectivity index (χ0) is 19.0. The van der Waals surface area contributed by atoms with Gasteiger partial charge in [0.25, 0.3) is 5.91 Å². The molecule has 0 N–H and O–H groups in total. The van der Waals surface area contributed by atoms with Crippen LogP contribution in [0.3, 0.4) is 0 Å². The molecular weight excluding hydrogens is 336 g/mol. The Morgan fingerprint density at radius 3 is 2.48 bits per heavy atom. The van der Waals surface area contributed by atoms with Gasteiger partial charge in [0.15, 0.2) is 0 Å². The first-order valence-electron chi connectivity index (χ1n) is 10.4. The second kappa shape index (κ2) is 7.45. The molecule has 2 heterocycles. The number of amides is 1. The Labute approximate surface area is 161 Å². The Morgan fingerprint density at radius 1 is 1.07 bits per heavy atom. The summed E-state index contributed by atoms with van der Waals surface area (Å²) in [5.41, 5.74) is 0.982. The van der Waals surface area contributed by atoms with Crippen LogP contribution in [-0.4, -0.2) is 38.2 Å². The molecule has 0 bridgehead atoms. The normalized spacial score (nSPS) is 23.5. The maximum atomic E-state index is 13.4. The number of carbonyl (C=O) groups is 1. The SMILES string of the molecule is CC1CCC(C(C)C)N(C(=O)c2nc(C3CC3)n(-c3ccccc3)n2)CC1. The van der Waals surface area contributed by atoms with E-state index >= 15 is 0 Å². The van der Waals surface area contributed by atoms with Crippen LogP contribution in [0.25, 0.3) is 5.69 Å². The minimum Gasteiger partial charge on any atom is -0.333 e. The van der Waals surface area contributed by atoms with E-state index in [1.807, 2.05) is 35.0 Å². The summed E-state index contributed by atoms with van der Waals surface area (Å²) in [7, 11) is 0. The molecule has 1 amide bonds. The third-order valence-corrected chi connectivity index (χ3v) is 6.02. The zero-order valence-electron chi connectivity index (χ0n) is 16.6. The Kier molecular flexibility index (Phi) is 5.02. The van der Waals surface area contributed by atoms with Crippen LogP contribution >= 0.6 is 0 Å². The summed E-state index contributed by atoms with van der Waals surface area (Å²) in [6.45, 7) is 7.53. The van der Waals surface area contributed by atoms with Crippen LogP contribution in [0.1, 0.15) is 75.2 Å². The minimum atomic E-state index is -0.000573.